The average Bonchev–Trinajstić information content (AvgIpc) is 2.91. The highest BCUT2D eigenvalue weighted by molar-refractivity contribution is 7.82. The van der Waals surface area contributed by atoms with E-state index in [0.29, 0.717) is 22.6 Å². The maximum absolute atomic E-state index is 11.8. The van der Waals surface area contributed by atoms with Crippen molar-refractivity contribution in [2.75, 3.05) is 36.8 Å². The van der Waals surface area contributed by atoms with E-state index in [1.165, 1.54) is 0 Å². The van der Waals surface area contributed by atoms with Crippen molar-refractivity contribution >= 4 is 34.3 Å². The summed E-state index contributed by atoms with van der Waals surface area (Å²) >= 11 is 5.94. The lowest BCUT2D eigenvalue weighted by Crippen LogP contribution is -2.47. The van der Waals surface area contributed by atoms with E-state index in [9.17, 15) is 4.21 Å². The average molecular weight is 329 g/mol. The van der Waals surface area contributed by atoms with Crippen molar-refractivity contribution in [1.29, 1.82) is 0 Å². The Bertz CT molecular complexity index is 682. The molecule has 0 N–H and O–H groups in total. The van der Waals surface area contributed by atoms with E-state index in [2.05, 4.69) is 20.0 Å². The Kier molecular flexibility index (Phi) is 4.10. The number of nitrogens with zero attached hydrogens (tertiary/aromatic N) is 6. The largest absolute Gasteiger partial charge is 0.337 e. The van der Waals surface area contributed by atoms with Gasteiger partial charge in [0.2, 0.25) is 5.95 Å². The van der Waals surface area contributed by atoms with Gasteiger partial charge in [-0.1, -0.05) is 18.5 Å². The third-order valence-electron chi connectivity index (χ3n) is 3.50. The smallest absolute Gasteiger partial charge is 0.255 e. The van der Waals surface area contributed by atoms with Gasteiger partial charge in [-0.25, -0.2) is 8.51 Å². The lowest BCUT2D eigenvalue weighted by atomic mass is 10.4. The minimum atomic E-state index is -0.875. The summed E-state index contributed by atoms with van der Waals surface area (Å²) < 4.78 is 15.5. The molecule has 7 nitrogen and oxygen atoms in total. The minimum absolute atomic E-state index is 0.419. The summed E-state index contributed by atoms with van der Waals surface area (Å²) in [5.41, 5.74) is 0.898. The maximum Gasteiger partial charge on any atom is 0.255 e. The quantitative estimate of drug-likeness (QED) is 0.783. The van der Waals surface area contributed by atoms with Crippen molar-refractivity contribution in [3.63, 3.8) is 0 Å². The van der Waals surface area contributed by atoms with Crippen molar-refractivity contribution in [3.05, 3.63) is 16.9 Å². The van der Waals surface area contributed by atoms with Gasteiger partial charge in [-0.3, -0.25) is 0 Å². The molecule has 9 heteroatoms. The lowest BCUT2D eigenvalue weighted by molar-refractivity contribution is 0.407. The van der Waals surface area contributed by atoms with E-state index in [4.69, 9.17) is 11.6 Å². The van der Waals surface area contributed by atoms with E-state index in [0.717, 1.165) is 31.9 Å². The van der Waals surface area contributed by atoms with Gasteiger partial charge in [0.05, 0.1) is 11.0 Å². The van der Waals surface area contributed by atoms with Crippen LogP contribution in [0.1, 0.15) is 12.6 Å². The fraction of sp³-hybridized carbons (Fsp3) is 0.583. The number of halogens is 1. The second-order valence-electron chi connectivity index (χ2n) is 4.87. The molecule has 2 aromatic heterocycles. The third-order valence-corrected chi connectivity index (χ3v) is 5.13. The summed E-state index contributed by atoms with van der Waals surface area (Å²) in [7, 11) is -0.875. The van der Waals surface area contributed by atoms with E-state index in [1.54, 1.807) is 10.6 Å². The predicted octanol–water partition coefficient (Wildman–Crippen LogP) is 0.892. The van der Waals surface area contributed by atoms with Gasteiger partial charge in [0.25, 0.3) is 5.78 Å². The Morgan fingerprint density at radius 1 is 1.29 bits per heavy atom. The summed E-state index contributed by atoms with van der Waals surface area (Å²) in [4.78, 5) is 10.7. The Balaban J connectivity index is 1.80. The molecule has 0 aliphatic carbocycles. The first kappa shape index (κ1) is 14.7. The van der Waals surface area contributed by atoms with Crippen molar-refractivity contribution < 1.29 is 4.21 Å². The van der Waals surface area contributed by atoms with Crippen LogP contribution in [0.3, 0.4) is 0 Å². The van der Waals surface area contributed by atoms with Gasteiger partial charge in [0, 0.05) is 37.6 Å². The SMILES string of the molecule is CCS(=O)N1CCN(c2nc3nc(Cl)cc(C)n3n2)CC1. The van der Waals surface area contributed by atoms with Crippen LogP contribution in [0.15, 0.2) is 6.07 Å². The Hall–Kier alpha value is -1.25. The molecule has 1 aliphatic heterocycles. The molecule has 0 bridgehead atoms. The van der Waals surface area contributed by atoms with Gasteiger partial charge >= 0.3 is 0 Å². The molecule has 2 aromatic rings. The highest BCUT2D eigenvalue weighted by atomic mass is 35.5. The summed E-state index contributed by atoms with van der Waals surface area (Å²) in [5, 5.41) is 4.90. The number of piperazine rings is 1. The molecule has 0 amide bonds. The molecular weight excluding hydrogens is 312 g/mol. The normalized spacial score (nSPS) is 18.3. The van der Waals surface area contributed by atoms with Gasteiger partial charge in [-0.05, 0) is 13.0 Å². The maximum atomic E-state index is 11.8. The monoisotopic (exact) mass is 328 g/mol. The van der Waals surface area contributed by atoms with E-state index in [-0.39, 0.29) is 0 Å². The molecule has 0 radical (unpaired) electrons. The fourth-order valence-electron chi connectivity index (χ4n) is 2.37. The van der Waals surface area contributed by atoms with Crippen LogP contribution in [0.2, 0.25) is 5.15 Å². The molecule has 1 aliphatic rings. The van der Waals surface area contributed by atoms with E-state index >= 15 is 0 Å². The van der Waals surface area contributed by atoms with Gasteiger partial charge in [-0.15, -0.1) is 5.10 Å². The molecule has 0 saturated carbocycles. The zero-order valence-electron chi connectivity index (χ0n) is 12.0. The lowest BCUT2D eigenvalue weighted by Gasteiger charge is -2.32. The van der Waals surface area contributed by atoms with Gasteiger partial charge in [-0.2, -0.15) is 14.5 Å². The first-order valence-corrected chi connectivity index (χ1v) is 8.52. The van der Waals surface area contributed by atoms with Gasteiger partial charge in [0.1, 0.15) is 5.15 Å². The Labute approximate surface area is 130 Å². The number of anilines is 1. The van der Waals surface area contributed by atoms with Crippen LogP contribution in [-0.2, 0) is 11.0 Å². The molecule has 21 heavy (non-hydrogen) atoms. The fourth-order valence-corrected chi connectivity index (χ4v) is 3.54. The number of hydrogen-bond acceptors (Lipinski definition) is 5. The molecular formula is C12H17ClN6OS. The van der Waals surface area contributed by atoms with E-state index < -0.39 is 11.0 Å². The summed E-state index contributed by atoms with van der Waals surface area (Å²) in [6.45, 7) is 6.88. The Morgan fingerprint density at radius 3 is 2.67 bits per heavy atom. The van der Waals surface area contributed by atoms with Crippen LogP contribution >= 0.6 is 11.6 Å². The molecule has 1 atom stereocenters. The van der Waals surface area contributed by atoms with Crippen LogP contribution in [0, 0.1) is 6.92 Å². The zero-order valence-corrected chi connectivity index (χ0v) is 13.6. The van der Waals surface area contributed by atoms with Gasteiger partial charge < -0.3 is 4.90 Å². The van der Waals surface area contributed by atoms with Crippen molar-refractivity contribution in [2.45, 2.75) is 13.8 Å². The van der Waals surface area contributed by atoms with Crippen LogP contribution in [0.25, 0.3) is 5.78 Å². The highest BCUT2D eigenvalue weighted by Gasteiger charge is 2.23. The first-order valence-electron chi connectivity index (χ1n) is 6.87. The second-order valence-corrected chi connectivity index (χ2v) is 6.99. The topological polar surface area (TPSA) is 66.6 Å². The van der Waals surface area contributed by atoms with Crippen molar-refractivity contribution in [3.8, 4) is 0 Å². The highest BCUT2D eigenvalue weighted by Crippen LogP contribution is 2.16. The van der Waals surface area contributed by atoms with Crippen molar-refractivity contribution in [1.82, 2.24) is 23.9 Å². The zero-order chi connectivity index (χ0) is 15.0. The number of rotatable bonds is 3. The standard InChI is InChI=1S/C12H17ClN6OS/c1-3-21(20)18-6-4-17(5-7-18)12-15-11-14-10(13)8-9(2)19(11)16-12/h8H,3-7H2,1-2H3. The molecule has 0 spiro atoms. The minimum Gasteiger partial charge on any atom is -0.337 e. The second kappa shape index (κ2) is 5.86. The predicted molar refractivity (Wildman–Crippen MR) is 83.0 cm³/mol. The molecule has 1 fully saturated rings. The van der Waals surface area contributed by atoms with Gasteiger partial charge in [0.15, 0.2) is 0 Å². The number of aryl methyl sites for hydroxylation is 1. The summed E-state index contributed by atoms with van der Waals surface area (Å²) in [5.74, 6) is 1.82. The molecule has 114 valence electrons. The van der Waals surface area contributed by atoms with Crippen LogP contribution in [0.4, 0.5) is 5.95 Å². The summed E-state index contributed by atoms with van der Waals surface area (Å²) in [6, 6.07) is 1.76. The van der Waals surface area contributed by atoms with Crippen molar-refractivity contribution in [2.24, 2.45) is 0 Å². The molecule has 1 unspecified atom stereocenters. The van der Waals surface area contributed by atoms with Crippen LogP contribution in [0.5, 0.6) is 0 Å². The third kappa shape index (κ3) is 2.88. The molecule has 1 saturated heterocycles. The summed E-state index contributed by atoms with van der Waals surface area (Å²) in [6.07, 6.45) is 0. The number of aromatic nitrogens is 4. The number of fused-ring (bicyclic) bond motifs is 1. The molecule has 3 rings (SSSR count). The van der Waals surface area contributed by atoms with Crippen LogP contribution in [-0.4, -0.2) is 60.0 Å². The van der Waals surface area contributed by atoms with E-state index in [1.807, 2.05) is 18.2 Å². The first-order chi connectivity index (χ1) is 10.1. The molecule has 0 aromatic carbocycles. The molecule has 3 heterocycles. The Morgan fingerprint density at radius 2 is 2.00 bits per heavy atom. The van der Waals surface area contributed by atoms with Crippen LogP contribution < -0.4 is 4.90 Å². The number of hydrogen-bond donors (Lipinski definition) is 0.